The Hall–Kier alpha value is -2.25. The molecule has 0 heterocycles. The van der Waals surface area contributed by atoms with Crippen LogP contribution in [0.25, 0.3) is 0 Å². The van der Waals surface area contributed by atoms with Crippen LogP contribution in [-0.2, 0) is 29.3 Å². The van der Waals surface area contributed by atoms with Crippen molar-refractivity contribution in [2.45, 2.75) is 342 Å². The summed E-state index contributed by atoms with van der Waals surface area (Å²) < 4.78 is 0. The van der Waals surface area contributed by atoms with Crippen LogP contribution in [-0.4, -0.2) is 11.4 Å². The number of nitrogens with zero attached hydrogens (tertiary/aromatic N) is 2. The summed E-state index contributed by atoms with van der Waals surface area (Å²) in [5, 5.41) is 0. The van der Waals surface area contributed by atoms with Crippen molar-refractivity contribution in [2.24, 2.45) is 9.98 Å². The van der Waals surface area contributed by atoms with Gasteiger partial charge in [0.15, 0.2) is 0 Å². The largest absolute Gasteiger partial charge is 0.252 e. The van der Waals surface area contributed by atoms with E-state index < -0.39 is 0 Å². The van der Waals surface area contributed by atoms with Crippen LogP contribution < -0.4 is 0 Å². The minimum atomic E-state index is 0. The molecule has 0 aromatic heterocycles. The molecule has 0 aliphatic heterocycles. The molecular formula is C71H122N2Ni. The summed E-state index contributed by atoms with van der Waals surface area (Å²) in [5.74, 6) is 0. The van der Waals surface area contributed by atoms with E-state index in [1.807, 2.05) is 0 Å². The number of para-hydroxylation sites is 2. The molecule has 426 valence electrons. The molecule has 0 spiro atoms. The maximum atomic E-state index is 5.23. The molecule has 0 fully saturated rings. The van der Waals surface area contributed by atoms with Gasteiger partial charge in [0.25, 0.3) is 0 Å². The van der Waals surface area contributed by atoms with Crippen LogP contribution in [0.2, 0.25) is 0 Å². The van der Waals surface area contributed by atoms with Crippen molar-refractivity contribution < 1.29 is 16.5 Å². The standard InChI is InChI=1S/C71H122N2.Ni/c1-5-8-10-12-14-16-18-20-22-24-26-28-30-32-34-36-38-40-42-44-46-48-50-52-54-60-67-62-56-58-64-70(67)72-66(4)69(7-3)73-71-65-59-57-63-68(71)61-55-53-51-49-47-45-43-41-39-37-35-33-31-29-27-25-23-21-19-17-15-13-11-9-6-2;/h50-53,56-59,62-65H,5-49,54-55,60-61H2,1-4H3;/b52-50+,53-51+,72-66?,73-69?;. The summed E-state index contributed by atoms with van der Waals surface area (Å²) in [4.78, 5) is 10.4. The summed E-state index contributed by atoms with van der Waals surface area (Å²) in [7, 11) is 0. The number of hydrogen-bond donors (Lipinski definition) is 0. The van der Waals surface area contributed by atoms with Gasteiger partial charge in [0.2, 0.25) is 0 Å². The van der Waals surface area contributed by atoms with E-state index in [0.29, 0.717) is 0 Å². The molecular weight excluding hydrogens is 939 g/mol. The predicted molar refractivity (Wildman–Crippen MR) is 332 cm³/mol. The Morgan fingerprint density at radius 2 is 0.554 bits per heavy atom. The van der Waals surface area contributed by atoms with Crippen LogP contribution >= 0.6 is 0 Å². The number of aryl methyl sites for hydroxylation is 2. The smallest absolute Gasteiger partial charge is 0.0665 e. The second-order valence-corrected chi connectivity index (χ2v) is 22.6. The van der Waals surface area contributed by atoms with Gasteiger partial charge in [-0.1, -0.05) is 338 Å². The fraction of sp³-hybridized carbons (Fsp3) is 0.746. The van der Waals surface area contributed by atoms with E-state index >= 15 is 0 Å². The molecule has 2 nitrogen and oxygen atoms in total. The molecule has 2 aromatic rings. The molecule has 0 saturated heterocycles. The molecule has 0 aliphatic rings. The molecule has 74 heavy (non-hydrogen) atoms. The van der Waals surface area contributed by atoms with Gasteiger partial charge >= 0.3 is 0 Å². The maximum Gasteiger partial charge on any atom is 0.0665 e. The molecule has 0 atom stereocenters. The van der Waals surface area contributed by atoms with Gasteiger partial charge in [0, 0.05) is 16.5 Å². The average molecular weight is 1060 g/mol. The summed E-state index contributed by atoms with van der Waals surface area (Å²) in [5.41, 5.74) is 6.96. The summed E-state index contributed by atoms with van der Waals surface area (Å²) in [6.07, 6.45) is 77.7. The summed E-state index contributed by atoms with van der Waals surface area (Å²) in [6.45, 7) is 8.97. The van der Waals surface area contributed by atoms with Gasteiger partial charge in [-0.15, -0.1) is 0 Å². The minimum Gasteiger partial charge on any atom is -0.252 e. The Bertz CT molecular complexity index is 1600. The van der Waals surface area contributed by atoms with Crippen molar-refractivity contribution in [3.8, 4) is 0 Å². The number of allylic oxidation sites excluding steroid dienone is 4. The number of rotatable bonds is 54. The van der Waals surface area contributed by atoms with E-state index in [-0.39, 0.29) is 16.5 Å². The van der Waals surface area contributed by atoms with Crippen molar-refractivity contribution in [1.29, 1.82) is 0 Å². The van der Waals surface area contributed by atoms with E-state index in [1.54, 1.807) is 0 Å². The molecule has 0 aliphatic carbocycles. The third-order valence-electron chi connectivity index (χ3n) is 15.7. The number of benzene rings is 2. The first-order chi connectivity index (χ1) is 36.2. The molecule has 2 aromatic carbocycles. The van der Waals surface area contributed by atoms with Crippen LogP contribution in [0.4, 0.5) is 11.4 Å². The zero-order chi connectivity index (χ0) is 52.0. The molecule has 0 unspecified atom stereocenters. The van der Waals surface area contributed by atoms with Crippen molar-refractivity contribution in [1.82, 2.24) is 0 Å². The van der Waals surface area contributed by atoms with Crippen LogP contribution in [0.3, 0.4) is 0 Å². The van der Waals surface area contributed by atoms with Gasteiger partial charge in [-0.25, -0.2) is 0 Å². The number of unbranched alkanes of at least 4 members (excludes halogenated alkanes) is 42. The third-order valence-corrected chi connectivity index (χ3v) is 15.7. The Labute approximate surface area is 472 Å². The van der Waals surface area contributed by atoms with Gasteiger partial charge in [-0.2, -0.15) is 0 Å². The Balaban J connectivity index is 0.0000274. The molecule has 3 heteroatoms. The van der Waals surface area contributed by atoms with Crippen LogP contribution in [0.15, 0.2) is 82.8 Å². The number of hydrogen-bond acceptors (Lipinski definition) is 2. The normalized spacial score (nSPS) is 12.2. The minimum absolute atomic E-state index is 0. The second-order valence-electron chi connectivity index (χ2n) is 22.6. The van der Waals surface area contributed by atoms with E-state index in [1.165, 1.54) is 294 Å². The third kappa shape index (κ3) is 42.8. The first-order valence-electron chi connectivity index (χ1n) is 32.8. The predicted octanol–water partition coefficient (Wildman–Crippen LogP) is 25.1. The zero-order valence-corrected chi connectivity index (χ0v) is 50.8. The Morgan fingerprint density at radius 3 is 0.838 bits per heavy atom. The summed E-state index contributed by atoms with van der Waals surface area (Å²) >= 11 is 0. The zero-order valence-electron chi connectivity index (χ0n) is 49.8. The monoisotopic (exact) mass is 1060 g/mol. The van der Waals surface area contributed by atoms with Crippen LogP contribution in [0, 0.1) is 0 Å². The molecule has 2 rings (SSSR count). The second kappa shape index (κ2) is 55.5. The van der Waals surface area contributed by atoms with Crippen LogP contribution in [0.1, 0.15) is 341 Å². The molecule has 0 bridgehead atoms. The van der Waals surface area contributed by atoms with Gasteiger partial charge in [-0.3, -0.25) is 9.98 Å². The fourth-order valence-corrected chi connectivity index (χ4v) is 10.8. The fourth-order valence-electron chi connectivity index (χ4n) is 10.8. The average Bonchev–Trinajstić information content (AvgIpc) is 3.40. The van der Waals surface area contributed by atoms with Crippen molar-refractivity contribution in [2.75, 3.05) is 0 Å². The van der Waals surface area contributed by atoms with Crippen molar-refractivity contribution >= 4 is 22.8 Å². The van der Waals surface area contributed by atoms with Gasteiger partial charge in [0.1, 0.15) is 0 Å². The molecule has 0 saturated carbocycles. The van der Waals surface area contributed by atoms with E-state index in [0.717, 1.165) is 54.9 Å². The first-order valence-corrected chi connectivity index (χ1v) is 32.8. The van der Waals surface area contributed by atoms with Gasteiger partial charge < -0.3 is 0 Å². The SMILES string of the molecule is CCCCCCCCCCCCCCCCCCCCCCC/C=C/CCc1ccccc1N=C(C)C(CC)=Nc1ccccc1CC/C=C/CCCCCCCCCCCCCCCCCCCCCCC.[Ni]. The first kappa shape index (κ1) is 69.8. The molecule has 0 amide bonds. The summed E-state index contributed by atoms with van der Waals surface area (Å²) in [6, 6.07) is 17.5. The van der Waals surface area contributed by atoms with Crippen molar-refractivity contribution in [3.05, 3.63) is 84.0 Å². The Morgan fingerprint density at radius 1 is 0.311 bits per heavy atom. The number of aliphatic imine (C=N–C) groups is 2. The van der Waals surface area contributed by atoms with Crippen molar-refractivity contribution in [3.63, 3.8) is 0 Å². The quantitative estimate of drug-likeness (QED) is 0.0273. The van der Waals surface area contributed by atoms with Crippen LogP contribution in [0.5, 0.6) is 0 Å². The topological polar surface area (TPSA) is 24.7 Å². The molecule has 0 radical (unpaired) electrons. The van der Waals surface area contributed by atoms with Gasteiger partial charge in [-0.05, 0) is 88.0 Å². The van der Waals surface area contributed by atoms with E-state index in [9.17, 15) is 0 Å². The maximum absolute atomic E-state index is 5.23. The Kier molecular flexibility index (Phi) is 52.3. The van der Waals surface area contributed by atoms with E-state index in [2.05, 4.69) is 101 Å². The van der Waals surface area contributed by atoms with Gasteiger partial charge in [0.05, 0.1) is 22.8 Å². The van der Waals surface area contributed by atoms with E-state index in [4.69, 9.17) is 9.98 Å². The molecule has 0 N–H and O–H groups in total.